The summed E-state index contributed by atoms with van der Waals surface area (Å²) in [5.74, 6) is 1.96. The largest absolute Gasteiger partial charge is 0.456 e. The fourth-order valence-corrected chi connectivity index (χ4v) is 4.47. The Bertz CT molecular complexity index is 609. The maximum Gasteiger partial charge on any atom is 0.289 e. The number of piperidine rings is 1. The van der Waals surface area contributed by atoms with Gasteiger partial charge in [0, 0.05) is 31.7 Å². The highest BCUT2D eigenvalue weighted by Crippen LogP contribution is 2.41. The van der Waals surface area contributed by atoms with E-state index in [2.05, 4.69) is 0 Å². The molecule has 0 spiro atoms. The van der Waals surface area contributed by atoms with E-state index in [4.69, 9.17) is 13.9 Å². The molecule has 3 heterocycles. The van der Waals surface area contributed by atoms with Gasteiger partial charge in [-0.3, -0.25) is 4.79 Å². The highest BCUT2D eigenvalue weighted by molar-refractivity contribution is 5.91. The number of hydrogen-bond acceptors (Lipinski definition) is 4. The molecule has 0 N–H and O–H groups in total. The molecule has 0 radical (unpaired) electrons. The van der Waals surface area contributed by atoms with Crippen molar-refractivity contribution in [2.45, 2.75) is 51.6 Å². The molecule has 1 aliphatic carbocycles. The maximum absolute atomic E-state index is 12.8. The molecule has 2 saturated heterocycles. The topological polar surface area (TPSA) is 51.9 Å². The van der Waals surface area contributed by atoms with E-state index in [1.54, 1.807) is 6.07 Å². The second-order valence-electron chi connectivity index (χ2n) is 8.06. The molecule has 1 amide bonds. The minimum Gasteiger partial charge on any atom is -0.456 e. The smallest absolute Gasteiger partial charge is 0.289 e. The zero-order chi connectivity index (χ0) is 17.3. The average molecular weight is 347 g/mol. The van der Waals surface area contributed by atoms with Crippen molar-refractivity contribution in [3.8, 4) is 0 Å². The van der Waals surface area contributed by atoms with Gasteiger partial charge in [0.1, 0.15) is 5.76 Å². The molecule has 0 aromatic carbocycles. The molecule has 2 atom stereocenters. The summed E-state index contributed by atoms with van der Waals surface area (Å²) in [7, 11) is 0. The molecule has 138 valence electrons. The van der Waals surface area contributed by atoms with Crippen molar-refractivity contribution in [1.29, 1.82) is 0 Å². The Balaban J connectivity index is 1.44. The summed E-state index contributed by atoms with van der Waals surface area (Å²) in [6.07, 6.45) is 7.16. The van der Waals surface area contributed by atoms with Crippen LogP contribution in [0.4, 0.5) is 0 Å². The molecule has 1 saturated carbocycles. The number of hydrogen-bond donors (Lipinski definition) is 0. The van der Waals surface area contributed by atoms with Crippen LogP contribution in [0.25, 0.3) is 0 Å². The number of carbonyl (C=O) groups is 1. The highest BCUT2D eigenvalue weighted by atomic mass is 16.5. The van der Waals surface area contributed by atoms with E-state index < -0.39 is 0 Å². The lowest BCUT2D eigenvalue weighted by Crippen LogP contribution is -2.58. The van der Waals surface area contributed by atoms with E-state index >= 15 is 0 Å². The van der Waals surface area contributed by atoms with E-state index in [1.807, 2.05) is 17.9 Å². The first-order valence-corrected chi connectivity index (χ1v) is 9.71. The Hall–Kier alpha value is -1.33. The zero-order valence-corrected chi connectivity index (χ0v) is 15.2. The third kappa shape index (κ3) is 3.49. The Morgan fingerprint density at radius 1 is 1.32 bits per heavy atom. The second kappa shape index (κ2) is 7.12. The molecule has 2 aliphatic heterocycles. The van der Waals surface area contributed by atoms with Gasteiger partial charge in [-0.2, -0.15) is 0 Å². The Labute approximate surface area is 149 Å². The Morgan fingerprint density at radius 2 is 2.20 bits per heavy atom. The SMILES string of the molecule is Cc1ccc(C(=O)N2CC[C@@H]3OCCC[C@]3(COCC3CCC3)C2)o1. The van der Waals surface area contributed by atoms with Crippen molar-refractivity contribution < 1.29 is 18.7 Å². The molecule has 25 heavy (non-hydrogen) atoms. The maximum atomic E-state index is 12.8. The summed E-state index contributed by atoms with van der Waals surface area (Å²) in [6.45, 7) is 5.71. The molecule has 5 nitrogen and oxygen atoms in total. The molecule has 0 bridgehead atoms. The minimum absolute atomic E-state index is 0.00417. The van der Waals surface area contributed by atoms with E-state index in [1.165, 1.54) is 19.3 Å². The number of amides is 1. The fourth-order valence-electron chi connectivity index (χ4n) is 4.47. The van der Waals surface area contributed by atoms with Crippen LogP contribution in [0.2, 0.25) is 0 Å². The van der Waals surface area contributed by atoms with Gasteiger partial charge in [-0.05, 0) is 57.1 Å². The lowest BCUT2D eigenvalue weighted by Gasteiger charge is -2.50. The Kier molecular flexibility index (Phi) is 4.87. The second-order valence-corrected chi connectivity index (χ2v) is 8.06. The number of aryl methyl sites for hydroxylation is 1. The van der Waals surface area contributed by atoms with Crippen LogP contribution in [-0.2, 0) is 9.47 Å². The van der Waals surface area contributed by atoms with Crippen LogP contribution < -0.4 is 0 Å². The van der Waals surface area contributed by atoms with Gasteiger partial charge < -0.3 is 18.8 Å². The number of likely N-dealkylation sites (tertiary alicyclic amines) is 1. The van der Waals surface area contributed by atoms with Crippen molar-refractivity contribution >= 4 is 5.91 Å². The predicted molar refractivity (Wildman–Crippen MR) is 93.5 cm³/mol. The van der Waals surface area contributed by atoms with Crippen LogP contribution in [0.3, 0.4) is 0 Å². The normalized spacial score (nSPS) is 30.0. The van der Waals surface area contributed by atoms with Gasteiger partial charge in [-0.15, -0.1) is 0 Å². The summed E-state index contributed by atoms with van der Waals surface area (Å²) in [5.41, 5.74) is -0.0580. The predicted octanol–water partition coefficient (Wildman–Crippen LogP) is 3.42. The molecule has 1 aromatic heterocycles. The number of furan rings is 1. The fraction of sp³-hybridized carbons (Fsp3) is 0.750. The summed E-state index contributed by atoms with van der Waals surface area (Å²) in [5, 5.41) is 0. The van der Waals surface area contributed by atoms with E-state index in [9.17, 15) is 4.79 Å². The Morgan fingerprint density at radius 3 is 2.92 bits per heavy atom. The highest BCUT2D eigenvalue weighted by Gasteiger charge is 2.47. The van der Waals surface area contributed by atoms with Gasteiger partial charge in [0.25, 0.3) is 5.91 Å². The summed E-state index contributed by atoms with van der Waals surface area (Å²) in [4.78, 5) is 14.8. The van der Waals surface area contributed by atoms with Crippen molar-refractivity contribution in [3.05, 3.63) is 23.7 Å². The first-order valence-electron chi connectivity index (χ1n) is 9.71. The third-order valence-electron chi connectivity index (χ3n) is 6.19. The van der Waals surface area contributed by atoms with Crippen LogP contribution in [0, 0.1) is 18.3 Å². The van der Waals surface area contributed by atoms with E-state index in [0.717, 1.165) is 50.7 Å². The van der Waals surface area contributed by atoms with Gasteiger partial charge in [-0.25, -0.2) is 0 Å². The van der Waals surface area contributed by atoms with Gasteiger partial charge in [-0.1, -0.05) is 6.42 Å². The number of fused-ring (bicyclic) bond motifs is 1. The minimum atomic E-state index is -0.0580. The van der Waals surface area contributed by atoms with E-state index in [0.29, 0.717) is 18.9 Å². The first-order chi connectivity index (χ1) is 12.2. The molecule has 0 unspecified atom stereocenters. The van der Waals surface area contributed by atoms with Gasteiger partial charge >= 0.3 is 0 Å². The van der Waals surface area contributed by atoms with Gasteiger partial charge in [0.2, 0.25) is 0 Å². The summed E-state index contributed by atoms with van der Waals surface area (Å²) >= 11 is 0. The molecular weight excluding hydrogens is 318 g/mol. The van der Waals surface area contributed by atoms with Crippen LogP contribution in [0.15, 0.2) is 16.5 Å². The van der Waals surface area contributed by atoms with Crippen LogP contribution in [0.1, 0.15) is 54.8 Å². The third-order valence-corrected chi connectivity index (χ3v) is 6.19. The number of ether oxygens (including phenoxy) is 2. The monoisotopic (exact) mass is 347 g/mol. The number of nitrogens with zero attached hydrogens (tertiary/aromatic N) is 1. The quantitative estimate of drug-likeness (QED) is 0.819. The number of carbonyl (C=O) groups excluding carboxylic acids is 1. The standard InChI is InChI=1S/C20H29NO4/c1-15-6-7-17(25-15)19(22)21-10-8-18-20(13-21,9-3-11-24-18)14-23-12-16-4-2-5-16/h6-7,16,18H,2-5,8-14H2,1H3/t18-,20+/m0/s1. The summed E-state index contributed by atoms with van der Waals surface area (Å²) < 4.78 is 17.8. The van der Waals surface area contributed by atoms with Crippen LogP contribution >= 0.6 is 0 Å². The van der Waals surface area contributed by atoms with Gasteiger partial charge in [0.05, 0.1) is 12.7 Å². The van der Waals surface area contributed by atoms with Crippen molar-refractivity contribution in [1.82, 2.24) is 4.90 Å². The van der Waals surface area contributed by atoms with Crippen molar-refractivity contribution in [3.63, 3.8) is 0 Å². The van der Waals surface area contributed by atoms with Crippen molar-refractivity contribution in [2.24, 2.45) is 11.3 Å². The molecule has 1 aromatic rings. The average Bonchev–Trinajstić information content (AvgIpc) is 3.02. The number of rotatable bonds is 5. The van der Waals surface area contributed by atoms with Crippen LogP contribution in [-0.4, -0.2) is 49.8 Å². The molecular formula is C20H29NO4. The van der Waals surface area contributed by atoms with Crippen molar-refractivity contribution in [2.75, 3.05) is 32.9 Å². The van der Waals surface area contributed by atoms with Crippen LogP contribution in [0.5, 0.6) is 0 Å². The lowest BCUT2D eigenvalue weighted by atomic mass is 9.73. The first kappa shape index (κ1) is 17.1. The molecule has 5 heteroatoms. The molecule has 3 fully saturated rings. The molecule has 3 aliphatic rings. The lowest BCUT2D eigenvalue weighted by molar-refractivity contribution is -0.150. The summed E-state index contributed by atoms with van der Waals surface area (Å²) in [6, 6.07) is 3.63. The zero-order valence-electron chi connectivity index (χ0n) is 15.2. The van der Waals surface area contributed by atoms with Gasteiger partial charge in [0.15, 0.2) is 5.76 Å². The van der Waals surface area contributed by atoms with E-state index in [-0.39, 0.29) is 17.4 Å². The molecule has 4 rings (SSSR count).